The minimum absolute atomic E-state index is 0.172. The summed E-state index contributed by atoms with van der Waals surface area (Å²) in [5, 5.41) is 10.8. The van der Waals surface area contributed by atoms with Gasteiger partial charge in [-0.3, -0.25) is 14.2 Å². The summed E-state index contributed by atoms with van der Waals surface area (Å²) in [7, 11) is -3.49. The second-order valence-corrected chi connectivity index (χ2v) is 12.0. The maximum Gasteiger partial charge on any atom is 0.338 e. The molecule has 0 radical (unpaired) electrons. The molecule has 0 spiro atoms. The van der Waals surface area contributed by atoms with Gasteiger partial charge in [-0.2, -0.15) is 0 Å². The fraction of sp³-hybridized carbons (Fsp3) is 0.667. The van der Waals surface area contributed by atoms with Crippen molar-refractivity contribution in [2.45, 2.75) is 85.5 Å². The van der Waals surface area contributed by atoms with E-state index in [0.29, 0.717) is 12.2 Å². The minimum Gasteiger partial charge on any atom is -0.507 e. The Hall–Kier alpha value is -1.49. The summed E-state index contributed by atoms with van der Waals surface area (Å²) in [4.78, 5) is 24.7. The Morgan fingerprint density at radius 1 is 0.903 bits per heavy atom. The molecule has 0 aromatic heterocycles. The van der Waals surface area contributed by atoms with Crippen LogP contribution in [0, 0.1) is 0 Å². The van der Waals surface area contributed by atoms with Crippen LogP contribution >= 0.6 is 7.60 Å². The van der Waals surface area contributed by atoms with Crippen LogP contribution in [-0.4, -0.2) is 36.0 Å². The summed E-state index contributed by atoms with van der Waals surface area (Å²) < 4.78 is 22.7. The number of ketones is 2. The highest BCUT2D eigenvalue weighted by molar-refractivity contribution is 7.54. The molecule has 0 fully saturated rings. The van der Waals surface area contributed by atoms with Crippen molar-refractivity contribution < 1.29 is 28.3 Å². The Kier molecular flexibility index (Phi) is 9.68. The maximum absolute atomic E-state index is 12.5. The first-order chi connectivity index (χ1) is 14.1. The van der Waals surface area contributed by atoms with Crippen LogP contribution in [0.1, 0.15) is 84.9 Å². The summed E-state index contributed by atoms with van der Waals surface area (Å²) in [5.41, 5.74) is 2.13. The fourth-order valence-electron chi connectivity index (χ4n) is 3.37. The Bertz CT molecular complexity index is 784. The molecule has 176 valence electrons. The number of carbonyl (C=O) groups excluding carboxylic acids is 2. The zero-order valence-corrected chi connectivity index (χ0v) is 21.2. The highest BCUT2D eigenvalue weighted by atomic mass is 31.2. The van der Waals surface area contributed by atoms with Gasteiger partial charge in [0, 0.05) is 6.42 Å². The number of aromatic hydroxyl groups is 1. The number of phenolic OH excluding ortho intramolecular Hbond substituents is 1. The first-order valence-corrected chi connectivity index (χ1v) is 12.6. The lowest BCUT2D eigenvalue weighted by atomic mass is 9.78. The lowest BCUT2D eigenvalue weighted by Gasteiger charge is -2.28. The molecule has 31 heavy (non-hydrogen) atoms. The molecule has 1 aromatic carbocycles. The van der Waals surface area contributed by atoms with E-state index in [1.807, 2.05) is 53.7 Å². The molecular weight excluding hydrogens is 415 g/mol. The van der Waals surface area contributed by atoms with Gasteiger partial charge in [-0.25, -0.2) is 0 Å². The second kappa shape index (κ2) is 10.9. The molecule has 0 amide bonds. The first-order valence-electron chi connectivity index (χ1n) is 10.9. The molecule has 0 aliphatic heterocycles. The average Bonchev–Trinajstić information content (AvgIpc) is 2.58. The van der Waals surface area contributed by atoms with Crippen molar-refractivity contribution in [3.05, 3.63) is 28.8 Å². The monoisotopic (exact) mass is 454 g/mol. The van der Waals surface area contributed by atoms with Gasteiger partial charge in [0.2, 0.25) is 0 Å². The maximum atomic E-state index is 12.5. The molecule has 0 saturated carbocycles. The van der Waals surface area contributed by atoms with Gasteiger partial charge in [0.15, 0.2) is 5.78 Å². The van der Waals surface area contributed by atoms with E-state index in [1.165, 1.54) is 0 Å². The van der Waals surface area contributed by atoms with Gasteiger partial charge in [0.1, 0.15) is 17.7 Å². The van der Waals surface area contributed by atoms with E-state index in [2.05, 4.69) is 0 Å². The third kappa shape index (κ3) is 8.51. The molecule has 1 aromatic rings. The van der Waals surface area contributed by atoms with E-state index in [1.54, 1.807) is 13.8 Å². The van der Waals surface area contributed by atoms with E-state index in [0.717, 1.165) is 16.7 Å². The minimum atomic E-state index is -3.49. The zero-order valence-electron chi connectivity index (χ0n) is 20.3. The Labute approximate surface area is 187 Å². The predicted octanol–water partition coefficient (Wildman–Crippen LogP) is 5.71. The molecule has 6 nitrogen and oxygen atoms in total. The summed E-state index contributed by atoms with van der Waals surface area (Å²) >= 11 is 0. The largest absolute Gasteiger partial charge is 0.507 e. The van der Waals surface area contributed by atoms with Gasteiger partial charge >= 0.3 is 7.60 Å². The number of benzene rings is 1. The van der Waals surface area contributed by atoms with Crippen LogP contribution in [0.3, 0.4) is 0 Å². The summed E-state index contributed by atoms with van der Waals surface area (Å²) in [6, 6.07) is 3.89. The molecule has 1 N–H and O–H groups in total. The number of rotatable bonds is 11. The molecule has 0 aliphatic rings. The van der Waals surface area contributed by atoms with Gasteiger partial charge in [0.05, 0.1) is 19.6 Å². The smallest absolute Gasteiger partial charge is 0.338 e. The quantitative estimate of drug-likeness (QED) is 0.340. The van der Waals surface area contributed by atoms with Crippen LogP contribution in [0.25, 0.3) is 0 Å². The molecule has 0 atom stereocenters. The van der Waals surface area contributed by atoms with Gasteiger partial charge in [0.25, 0.3) is 0 Å². The van der Waals surface area contributed by atoms with Crippen LogP contribution in [0.4, 0.5) is 0 Å². The van der Waals surface area contributed by atoms with E-state index < -0.39 is 13.4 Å². The number of hydrogen-bond acceptors (Lipinski definition) is 6. The molecule has 0 aliphatic carbocycles. The normalized spacial score (nSPS) is 12.8. The molecule has 1 rings (SSSR count). The zero-order chi connectivity index (χ0) is 24.0. The lowest BCUT2D eigenvalue weighted by Crippen LogP contribution is -2.18. The predicted molar refractivity (Wildman–Crippen MR) is 124 cm³/mol. The topological polar surface area (TPSA) is 89.9 Å². The van der Waals surface area contributed by atoms with Crippen LogP contribution in [0.5, 0.6) is 5.75 Å². The molecular formula is C24H39O6P. The average molecular weight is 455 g/mol. The van der Waals surface area contributed by atoms with E-state index in [9.17, 15) is 19.3 Å². The Balaban J connectivity index is 2.92. The van der Waals surface area contributed by atoms with Crippen molar-refractivity contribution in [3.8, 4) is 5.75 Å². The van der Waals surface area contributed by atoms with Crippen molar-refractivity contribution in [1.82, 2.24) is 0 Å². The number of phenols is 1. The third-order valence-corrected chi connectivity index (χ3v) is 6.94. The van der Waals surface area contributed by atoms with Gasteiger partial charge in [-0.15, -0.1) is 0 Å². The molecule has 0 saturated heterocycles. The van der Waals surface area contributed by atoms with Crippen molar-refractivity contribution in [2.75, 3.05) is 19.4 Å². The van der Waals surface area contributed by atoms with Crippen molar-refractivity contribution in [2.24, 2.45) is 0 Å². The van der Waals surface area contributed by atoms with E-state index >= 15 is 0 Å². The first kappa shape index (κ1) is 27.5. The summed E-state index contributed by atoms with van der Waals surface area (Å²) in [6.07, 6.45) is -0.0210. The van der Waals surface area contributed by atoms with Crippen LogP contribution in [0.2, 0.25) is 0 Å². The summed E-state index contributed by atoms with van der Waals surface area (Å²) in [5.74, 6) is -0.355. The number of Topliss-reactive ketones (excluding diaryl/α,β-unsaturated/α-hetero) is 2. The van der Waals surface area contributed by atoms with Crippen LogP contribution in [-0.2, 0) is 40.5 Å². The molecule has 0 bridgehead atoms. The van der Waals surface area contributed by atoms with Crippen molar-refractivity contribution in [1.29, 1.82) is 0 Å². The standard InChI is InChI=1S/C24H39O6P/c1-9-29-31(28,30-10-2)16-19(26)15-18(25)12-11-17-13-20(23(3,4)5)22(27)21(14-17)24(6,7)8/h13-14,27H,9-12,15-16H2,1-8H3. The van der Waals surface area contributed by atoms with E-state index in [-0.39, 0.29) is 48.8 Å². The Morgan fingerprint density at radius 3 is 1.74 bits per heavy atom. The third-order valence-electron chi connectivity index (χ3n) is 4.89. The van der Waals surface area contributed by atoms with E-state index in [4.69, 9.17) is 9.05 Å². The van der Waals surface area contributed by atoms with Crippen LogP contribution < -0.4 is 0 Å². The fourth-order valence-corrected chi connectivity index (χ4v) is 4.96. The van der Waals surface area contributed by atoms with Gasteiger partial charge < -0.3 is 14.2 Å². The molecule has 7 heteroatoms. The van der Waals surface area contributed by atoms with Crippen molar-refractivity contribution >= 4 is 19.2 Å². The lowest BCUT2D eigenvalue weighted by molar-refractivity contribution is -0.125. The second-order valence-electron chi connectivity index (χ2n) is 9.90. The number of hydrogen-bond donors (Lipinski definition) is 1. The number of aryl methyl sites for hydroxylation is 1. The van der Waals surface area contributed by atoms with Crippen molar-refractivity contribution in [3.63, 3.8) is 0 Å². The highest BCUT2D eigenvalue weighted by Crippen LogP contribution is 2.48. The summed E-state index contributed by atoms with van der Waals surface area (Å²) in [6.45, 7) is 15.9. The van der Waals surface area contributed by atoms with Gasteiger partial charge in [-0.05, 0) is 47.8 Å². The molecule has 0 unspecified atom stereocenters. The van der Waals surface area contributed by atoms with Crippen LogP contribution in [0.15, 0.2) is 12.1 Å². The Morgan fingerprint density at radius 2 is 1.35 bits per heavy atom. The molecule has 0 heterocycles. The SMILES string of the molecule is CCOP(=O)(CC(=O)CC(=O)CCc1cc(C(C)(C)C)c(O)c(C(C)(C)C)c1)OCC. The van der Waals surface area contributed by atoms with Gasteiger partial charge in [-0.1, -0.05) is 53.7 Å². The number of carbonyl (C=O) groups is 2. The highest BCUT2D eigenvalue weighted by Gasteiger charge is 2.29.